The number of ether oxygens (including phenoxy) is 1. The maximum absolute atomic E-state index is 10.1. The average molecular weight is 334 g/mol. The second kappa shape index (κ2) is 8.67. The summed E-state index contributed by atoms with van der Waals surface area (Å²) in [6, 6.07) is 0.199. The van der Waals surface area contributed by atoms with Crippen LogP contribution in [0.4, 0.5) is 0 Å². The van der Waals surface area contributed by atoms with Crippen LogP contribution in [0.3, 0.4) is 0 Å². The number of hydrogen-bond acceptors (Lipinski definition) is 5. The standard InChI is InChI=1S/C14H28ClN5O2/c1-11(16)17-9-12(18-10-15)19-5-7-20(8-6-19)13(21)22-14(2,3)4/h13,21H,5-10H2,1-4H3,(H2,16,17)/t13-/m0/s1. The molecule has 0 saturated carbocycles. The number of alkyl halides is 1. The SMILES string of the molecule is CC(N)=NCC(=NCCl)N1CCN([C@@H](O)OC(C)(C)C)CC1. The molecule has 3 N–H and O–H groups in total. The molecule has 0 aromatic heterocycles. The fourth-order valence-corrected chi connectivity index (χ4v) is 2.24. The van der Waals surface area contributed by atoms with Gasteiger partial charge < -0.3 is 20.5 Å². The molecule has 7 nitrogen and oxygen atoms in total. The topological polar surface area (TPSA) is 86.7 Å². The zero-order valence-corrected chi connectivity index (χ0v) is 14.7. The van der Waals surface area contributed by atoms with Crippen molar-refractivity contribution in [3.8, 4) is 0 Å². The van der Waals surface area contributed by atoms with E-state index in [4.69, 9.17) is 22.1 Å². The van der Waals surface area contributed by atoms with Gasteiger partial charge in [-0.2, -0.15) is 0 Å². The van der Waals surface area contributed by atoms with Gasteiger partial charge in [-0.05, 0) is 27.7 Å². The maximum atomic E-state index is 10.1. The van der Waals surface area contributed by atoms with Crippen molar-refractivity contribution in [3.63, 3.8) is 0 Å². The van der Waals surface area contributed by atoms with Gasteiger partial charge in [0.2, 0.25) is 6.41 Å². The lowest BCUT2D eigenvalue weighted by Crippen LogP contribution is -2.54. The van der Waals surface area contributed by atoms with Crippen molar-refractivity contribution >= 4 is 23.3 Å². The molecule has 8 heteroatoms. The zero-order chi connectivity index (χ0) is 16.8. The molecule has 1 saturated heterocycles. The van der Waals surface area contributed by atoms with Gasteiger partial charge in [0, 0.05) is 26.2 Å². The Kier molecular flexibility index (Phi) is 7.55. The summed E-state index contributed by atoms with van der Waals surface area (Å²) in [5.74, 6) is 1.35. The second-order valence-electron chi connectivity index (χ2n) is 6.23. The normalized spacial score (nSPS) is 20.4. The van der Waals surface area contributed by atoms with Crippen LogP contribution < -0.4 is 5.73 Å². The molecule has 0 unspecified atom stereocenters. The number of aliphatic hydroxyl groups excluding tert-OH is 1. The Morgan fingerprint density at radius 1 is 1.27 bits per heavy atom. The third-order valence-corrected chi connectivity index (χ3v) is 3.28. The molecular formula is C14H28ClN5O2. The van der Waals surface area contributed by atoms with Crippen LogP contribution in [-0.4, -0.2) is 77.3 Å². The quantitative estimate of drug-likeness (QED) is 0.254. The van der Waals surface area contributed by atoms with Crippen molar-refractivity contribution in [2.45, 2.75) is 39.7 Å². The summed E-state index contributed by atoms with van der Waals surface area (Å²) in [5, 5.41) is 10.1. The van der Waals surface area contributed by atoms with Gasteiger partial charge in [-0.3, -0.25) is 14.9 Å². The first kappa shape index (κ1) is 19.2. The van der Waals surface area contributed by atoms with Gasteiger partial charge >= 0.3 is 0 Å². The predicted molar refractivity (Wildman–Crippen MR) is 90.3 cm³/mol. The van der Waals surface area contributed by atoms with Gasteiger partial charge in [-0.25, -0.2) is 0 Å². The maximum Gasteiger partial charge on any atom is 0.216 e. The lowest BCUT2D eigenvalue weighted by Gasteiger charge is -2.39. The first-order chi connectivity index (χ1) is 10.2. The number of halogens is 1. The van der Waals surface area contributed by atoms with Gasteiger partial charge in [0.15, 0.2) is 0 Å². The third-order valence-electron chi connectivity index (χ3n) is 3.16. The zero-order valence-electron chi connectivity index (χ0n) is 13.9. The highest BCUT2D eigenvalue weighted by Gasteiger charge is 2.27. The van der Waals surface area contributed by atoms with Crippen molar-refractivity contribution in [2.75, 3.05) is 38.7 Å². The van der Waals surface area contributed by atoms with Crippen molar-refractivity contribution in [3.05, 3.63) is 0 Å². The number of aliphatic hydroxyl groups is 1. The minimum absolute atomic E-state index is 0.199. The van der Waals surface area contributed by atoms with E-state index >= 15 is 0 Å². The summed E-state index contributed by atoms with van der Waals surface area (Å²) in [4.78, 5) is 12.5. The third kappa shape index (κ3) is 6.91. The first-order valence-electron chi connectivity index (χ1n) is 7.43. The number of hydrogen-bond donors (Lipinski definition) is 2. The summed E-state index contributed by atoms with van der Waals surface area (Å²) in [6.07, 6.45) is -0.889. The number of nitrogens with two attached hydrogens (primary N) is 1. The van der Waals surface area contributed by atoms with Crippen molar-refractivity contribution < 1.29 is 9.84 Å². The second-order valence-corrected chi connectivity index (χ2v) is 6.47. The molecular weight excluding hydrogens is 306 g/mol. The molecule has 0 aromatic rings. The Morgan fingerprint density at radius 3 is 2.32 bits per heavy atom. The highest BCUT2D eigenvalue weighted by atomic mass is 35.5. The molecule has 1 rings (SSSR count). The molecule has 0 amide bonds. The fraction of sp³-hybridized carbons (Fsp3) is 0.857. The molecule has 0 aliphatic carbocycles. The number of rotatable bonds is 5. The molecule has 1 heterocycles. The van der Waals surface area contributed by atoms with Crippen molar-refractivity contribution in [1.82, 2.24) is 9.80 Å². The van der Waals surface area contributed by atoms with Crippen LogP contribution in [-0.2, 0) is 4.74 Å². The summed E-state index contributed by atoms with van der Waals surface area (Å²) >= 11 is 5.72. The minimum atomic E-state index is -0.889. The van der Waals surface area contributed by atoms with Crippen LogP contribution >= 0.6 is 11.6 Å². The molecule has 1 fully saturated rings. The number of piperazine rings is 1. The molecule has 1 aliphatic rings. The highest BCUT2D eigenvalue weighted by molar-refractivity contribution is 6.18. The molecule has 0 radical (unpaired) electrons. The van der Waals surface area contributed by atoms with E-state index in [-0.39, 0.29) is 11.6 Å². The van der Waals surface area contributed by atoms with E-state index in [0.717, 1.165) is 18.9 Å². The lowest BCUT2D eigenvalue weighted by molar-refractivity contribution is -0.242. The molecule has 0 spiro atoms. The molecule has 1 aliphatic heterocycles. The number of amidine groups is 2. The largest absolute Gasteiger partial charge is 0.388 e. The monoisotopic (exact) mass is 333 g/mol. The van der Waals surface area contributed by atoms with E-state index in [1.165, 1.54) is 0 Å². The smallest absolute Gasteiger partial charge is 0.216 e. The molecule has 1 atom stereocenters. The van der Waals surface area contributed by atoms with Gasteiger partial charge in [-0.15, -0.1) is 11.6 Å². The number of aliphatic imine (C=N–C) groups is 2. The molecule has 128 valence electrons. The number of nitrogens with zero attached hydrogens (tertiary/aromatic N) is 4. The van der Waals surface area contributed by atoms with Crippen molar-refractivity contribution in [2.24, 2.45) is 15.7 Å². The summed E-state index contributed by atoms with van der Waals surface area (Å²) in [7, 11) is 0. The van der Waals surface area contributed by atoms with E-state index in [0.29, 0.717) is 25.5 Å². The molecule has 0 aromatic carbocycles. The van der Waals surface area contributed by atoms with Gasteiger partial charge in [-0.1, -0.05) is 0 Å². The summed E-state index contributed by atoms with van der Waals surface area (Å²) in [5.41, 5.74) is 5.19. The summed E-state index contributed by atoms with van der Waals surface area (Å²) < 4.78 is 5.57. The minimum Gasteiger partial charge on any atom is -0.388 e. The predicted octanol–water partition coefficient (Wildman–Crippen LogP) is 0.667. The van der Waals surface area contributed by atoms with Crippen LogP contribution in [0.2, 0.25) is 0 Å². The first-order valence-corrected chi connectivity index (χ1v) is 7.97. The van der Waals surface area contributed by atoms with E-state index in [2.05, 4.69) is 14.9 Å². The van der Waals surface area contributed by atoms with Gasteiger partial charge in [0.05, 0.1) is 18.0 Å². The van der Waals surface area contributed by atoms with Crippen LogP contribution in [0.25, 0.3) is 0 Å². The van der Waals surface area contributed by atoms with Crippen LogP contribution in [0.15, 0.2) is 9.98 Å². The van der Waals surface area contributed by atoms with E-state index < -0.39 is 6.41 Å². The Hall–Kier alpha value is -0.890. The molecule has 0 bridgehead atoms. The van der Waals surface area contributed by atoms with Crippen LogP contribution in [0.1, 0.15) is 27.7 Å². The lowest BCUT2D eigenvalue weighted by atomic mass is 10.2. The average Bonchev–Trinajstić information content (AvgIpc) is 2.41. The van der Waals surface area contributed by atoms with Crippen LogP contribution in [0, 0.1) is 0 Å². The van der Waals surface area contributed by atoms with E-state index in [9.17, 15) is 5.11 Å². The Balaban J connectivity index is 2.55. The van der Waals surface area contributed by atoms with Gasteiger partial charge in [0.25, 0.3) is 0 Å². The van der Waals surface area contributed by atoms with Crippen LogP contribution in [0.5, 0.6) is 0 Å². The Morgan fingerprint density at radius 2 is 1.86 bits per heavy atom. The van der Waals surface area contributed by atoms with E-state index in [1.807, 2.05) is 25.7 Å². The summed E-state index contributed by atoms with van der Waals surface area (Å²) in [6.45, 7) is 10.8. The van der Waals surface area contributed by atoms with Crippen molar-refractivity contribution in [1.29, 1.82) is 0 Å². The van der Waals surface area contributed by atoms with Gasteiger partial charge in [0.1, 0.15) is 11.8 Å². The van der Waals surface area contributed by atoms with E-state index in [1.54, 1.807) is 6.92 Å². The fourth-order valence-electron chi connectivity index (χ4n) is 2.11. The highest BCUT2D eigenvalue weighted by Crippen LogP contribution is 2.14. The molecule has 22 heavy (non-hydrogen) atoms. The Bertz CT molecular complexity index is 397. The Labute approximate surface area is 137 Å².